The number of nitrogens with one attached hydrogen (secondary N) is 2. The molecule has 2 saturated heterocycles. The summed E-state index contributed by atoms with van der Waals surface area (Å²) in [5, 5.41) is 3.30. The van der Waals surface area contributed by atoms with Crippen molar-refractivity contribution in [1.29, 1.82) is 0 Å². The summed E-state index contributed by atoms with van der Waals surface area (Å²) in [6.07, 6.45) is 2.03. The fourth-order valence-electron chi connectivity index (χ4n) is 2.35. The first-order valence-corrected chi connectivity index (χ1v) is 7.99. The minimum absolute atomic E-state index is 0.0740. The molecule has 0 aromatic rings. The Labute approximate surface area is 109 Å². The van der Waals surface area contributed by atoms with Crippen LogP contribution in [0, 0.1) is 5.41 Å². The average Bonchev–Trinajstić information content (AvgIpc) is 2.39. The Morgan fingerprint density at radius 1 is 1.28 bits per heavy atom. The first-order chi connectivity index (χ1) is 8.52. The quantitative estimate of drug-likeness (QED) is 0.730. The van der Waals surface area contributed by atoms with Crippen LogP contribution < -0.4 is 10.0 Å². The van der Waals surface area contributed by atoms with Gasteiger partial charge in [-0.3, -0.25) is 0 Å². The van der Waals surface area contributed by atoms with E-state index in [-0.39, 0.29) is 5.41 Å². The van der Waals surface area contributed by atoms with E-state index in [1.165, 1.54) is 4.31 Å². The number of nitrogens with zero attached hydrogens (tertiary/aromatic N) is 1. The monoisotopic (exact) mass is 277 g/mol. The van der Waals surface area contributed by atoms with Gasteiger partial charge in [-0.15, -0.1) is 0 Å². The van der Waals surface area contributed by atoms with Crippen molar-refractivity contribution in [3.63, 3.8) is 0 Å². The molecule has 0 saturated carbocycles. The summed E-state index contributed by atoms with van der Waals surface area (Å²) in [7, 11) is -3.34. The minimum atomic E-state index is -3.34. The van der Waals surface area contributed by atoms with E-state index in [9.17, 15) is 8.42 Å². The van der Waals surface area contributed by atoms with Crippen LogP contribution in [0.4, 0.5) is 0 Å². The van der Waals surface area contributed by atoms with Crippen molar-refractivity contribution in [3.05, 3.63) is 0 Å². The zero-order chi connectivity index (χ0) is 13.1. The van der Waals surface area contributed by atoms with Gasteiger partial charge in [-0.25, -0.2) is 4.72 Å². The van der Waals surface area contributed by atoms with Gasteiger partial charge in [0, 0.05) is 19.6 Å². The summed E-state index contributed by atoms with van der Waals surface area (Å²) in [5.74, 6) is 0. The number of ether oxygens (including phenoxy) is 1. The highest BCUT2D eigenvalue weighted by atomic mass is 32.2. The van der Waals surface area contributed by atoms with Crippen LogP contribution in [-0.4, -0.2) is 58.7 Å². The van der Waals surface area contributed by atoms with Crippen molar-refractivity contribution in [3.8, 4) is 0 Å². The molecular weight excluding hydrogens is 254 g/mol. The Balaban J connectivity index is 1.87. The molecule has 2 rings (SSSR count). The highest BCUT2D eigenvalue weighted by molar-refractivity contribution is 7.87. The van der Waals surface area contributed by atoms with E-state index in [2.05, 4.69) is 17.0 Å². The van der Waals surface area contributed by atoms with E-state index in [0.717, 1.165) is 25.9 Å². The smallest absolute Gasteiger partial charge is 0.279 e. The molecule has 0 atom stereocenters. The highest BCUT2D eigenvalue weighted by Gasteiger charge is 2.30. The third-order valence-corrected chi connectivity index (χ3v) is 5.36. The molecule has 0 aromatic heterocycles. The molecule has 0 spiro atoms. The third kappa shape index (κ3) is 3.64. The number of piperidine rings is 1. The van der Waals surface area contributed by atoms with Crippen LogP contribution in [0.3, 0.4) is 0 Å². The Bertz CT molecular complexity index is 360. The molecule has 0 amide bonds. The third-order valence-electron chi connectivity index (χ3n) is 3.80. The first kappa shape index (κ1) is 14.2. The van der Waals surface area contributed by atoms with E-state index >= 15 is 0 Å². The van der Waals surface area contributed by atoms with Crippen LogP contribution in [-0.2, 0) is 14.9 Å². The van der Waals surface area contributed by atoms with Crippen LogP contribution in [0.15, 0.2) is 0 Å². The van der Waals surface area contributed by atoms with Gasteiger partial charge in [0.1, 0.15) is 0 Å². The zero-order valence-corrected chi connectivity index (χ0v) is 11.8. The topological polar surface area (TPSA) is 70.7 Å². The maximum atomic E-state index is 12.1. The summed E-state index contributed by atoms with van der Waals surface area (Å²) in [6.45, 7) is 6.49. The van der Waals surface area contributed by atoms with Gasteiger partial charge >= 0.3 is 0 Å². The molecular formula is C11H23N3O3S. The fourth-order valence-corrected chi connectivity index (χ4v) is 3.69. The number of rotatable bonds is 4. The van der Waals surface area contributed by atoms with Crippen molar-refractivity contribution in [2.24, 2.45) is 5.41 Å². The summed E-state index contributed by atoms with van der Waals surface area (Å²) in [4.78, 5) is 0. The summed E-state index contributed by atoms with van der Waals surface area (Å²) in [5.41, 5.74) is 0.0740. The maximum absolute atomic E-state index is 12.1. The lowest BCUT2D eigenvalue weighted by Crippen LogP contribution is -2.50. The number of morpholine rings is 1. The molecule has 0 unspecified atom stereocenters. The van der Waals surface area contributed by atoms with E-state index < -0.39 is 10.2 Å². The van der Waals surface area contributed by atoms with E-state index in [1.807, 2.05) is 0 Å². The molecule has 2 heterocycles. The molecule has 0 aliphatic carbocycles. The molecule has 2 fully saturated rings. The Morgan fingerprint density at radius 2 is 1.89 bits per heavy atom. The van der Waals surface area contributed by atoms with Crippen molar-refractivity contribution < 1.29 is 13.2 Å². The summed E-state index contributed by atoms with van der Waals surface area (Å²) in [6, 6.07) is 0. The second-order valence-electron chi connectivity index (χ2n) is 5.40. The molecule has 0 radical (unpaired) electrons. The van der Waals surface area contributed by atoms with Crippen LogP contribution >= 0.6 is 0 Å². The Kier molecular flexibility index (Phi) is 4.60. The van der Waals surface area contributed by atoms with Gasteiger partial charge in [0.25, 0.3) is 10.2 Å². The lowest BCUT2D eigenvalue weighted by atomic mass is 9.81. The number of hydrogen-bond donors (Lipinski definition) is 2. The van der Waals surface area contributed by atoms with E-state index in [1.54, 1.807) is 0 Å². The van der Waals surface area contributed by atoms with Gasteiger partial charge in [0.05, 0.1) is 13.2 Å². The minimum Gasteiger partial charge on any atom is -0.379 e. The summed E-state index contributed by atoms with van der Waals surface area (Å²) >= 11 is 0. The average molecular weight is 277 g/mol. The molecule has 2 aliphatic heterocycles. The second kappa shape index (κ2) is 5.83. The van der Waals surface area contributed by atoms with Gasteiger partial charge in [0.15, 0.2) is 0 Å². The van der Waals surface area contributed by atoms with Crippen molar-refractivity contribution in [2.45, 2.75) is 19.8 Å². The molecule has 0 aromatic carbocycles. The van der Waals surface area contributed by atoms with Crippen LogP contribution in [0.2, 0.25) is 0 Å². The lowest BCUT2D eigenvalue weighted by Gasteiger charge is -2.35. The molecule has 18 heavy (non-hydrogen) atoms. The van der Waals surface area contributed by atoms with E-state index in [4.69, 9.17) is 4.74 Å². The molecule has 7 heteroatoms. The predicted molar refractivity (Wildman–Crippen MR) is 69.5 cm³/mol. The predicted octanol–water partition coefficient (Wildman–Crippen LogP) is -0.457. The lowest BCUT2D eigenvalue weighted by molar-refractivity contribution is 0.0722. The van der Waals surface area contributed by atoms with Crippen LogP contribution in [0.25, 0.3) is 0 Å². The normalized spacial score (nSPS) is 26.1. The standard InChI is InChI=1S/C11H23N3O3S/c1-11(2-4-12-5-3-11)10-13-18(15,16)14-6-8-17-9-7-14/h12-13H,2-10H2,1H3. The SMILES string of the molecule is CC1(CNS(=O)(=O)N2CCOCC2)CCNCC1. The van der Waals surface area contributed by atoms with Crippen molar-refractivity contribution in [2.75, 3.05) is 45.9 Å². The highest BCUT2D eigenvalue weighted by Crippen LogP contribution is 2.27. The van der Waals surface area contributed by atoms with Gasteiger partial charge in [-0.1, -0.05) is 6.92 Å². The zero-order valence-electron chi connectivity index (χ0n) is 10.9. The van der Waals surface area contributed by atoms with Crippen LogP contribution in [0.1, 0.15) is 19.8 Å². The second-order valence-corrected chi connectivity index (χ2v) is 7.15. The molecule has 0 bridgehead atoms. The van der Waals surface area contributed by atoms with Gasteiger partial charge in [-0.05, 0) is 31.3 Å². The van der Waals surface area contributed by atoms with Crippen molar-refractivity contribution in [1.82, 2.24) is 14.3 Å². The number of hydrogen-bond acceptors (Lipinski definition) is 4. The largest absolute Gasteiger partial charge is 0.379 e. The summed E-state index contributed by atoms with van der Waals surface area (Å²) < 4.78 is 33.6. The van der Waals surface area contributed by atoms with Crippen LogP contribution in [0.5, 0.6) is 0 Å². The molecule has 2 N–H and O–H groups in total. The Hall–Kier alpha value is -0.210. The molecule has 6 nitrogen and oxygen atoms in total. The first-order valence-electron chi connectivity index (χ1n) is 6.55. The van der Waals surface area contributed by atoms with E-state index in [0.29, 0.717) is 32.8 Å². The maximum Gasteiger partial charge on any atom is 0.279 e. The van der Waals surface area contributed by atoms with Gasteiger partial charge in [-0.2, -0.15) is 12.7 Å². The fraction of sp³-hybridized carbons (Fsp3) is 1.00. The van der Waals surface area contributed by atoms with Gasteiger partial charge in [0.2, 0.25) is 0 Å². The van der Waals surface area contributed by atoms with Crippen molar-refractivity contribution >= 4 is 10.2 Å². The molecule has 2 aliphatic rings. The molecule has 106 valence electrons. The Morgan fingerprint density at radius 3 is 2.50 bits per heavy atom. The van der Waals surface area contributed by atoms with Gasteiger partial charge < -0.3 is 10.1 Å².